The van der Waals surface area contributed by atoms with E-state index in [0.717, 1.165) is 56.4 Å². The first-order valence-corrected chi connectivity index (χ1v) is 11.9. The third-order valence-corrected chi connectivity index (χ3v) is 5.89. The fraction of sp³-hybridized carbons (Fsp3) is 0.720. The third-order valence-electron chi connectivity index (χ3n) is 5.89. The summed E-state index contributed by atoms with van der Waals surface area (Å²) in [5.41, 5.74) is 1.18. The lowest BCUT2D eigenvalue weighted by molar-refractivity contribution is 0.0205. The summed E-state index contributed by atoms with van der Waals surface area (Å²) in [7, 11) is 3.93. The van der Waals surface area contributed by atoms with Gasteiger partial charge in [-0.3, -0.25) is 4.90 Å². The van der Waals surface area contributed by atoms with E-state index in [9.17, 15) is 0 Å². The number of nitrogens with zero attached hydrogens (tertiary/aromatic N) is 2. The molecule has 1 atom stereocenters. The Bertz CT molecular complexity index is 690. The van der Waals surface area contributed by atoms with Crippen LogP contribution in [-0.4, -0.2) is 76.6 Å². The number of methoxy groups -OCH3 is 1. The number of rotatable bonds is 11. The molecule has 33 heavy (non-hydrogen) atoms. The number of likely N-dealkylation sites (N-methyl/N-ethyl adjacent to an activating group) is 1. The van der Waals surface area contributed by atoms with E-state index in [1.54, 1.807) is 7.11 Å². The van der Waals surface area contributed by atoms with Crippen LogP contribution in [0.4, 0.5) is 0 Å². The molecule has 0 bridgehead atoms. The molecule has 1 aromatic carbocycles. The van der Waals surface area contributed by atoms with E-state index >= 15 is 0 Å². The van der Waals surface area contributed by atoms with E-state index in [-0.39, 0.29) is 35.5 Å². The highest BCUT2D eigenvalue weighted by atomic mass is 127. The summed E-state index contributed by atoms with van der Waals surface area (Å²) >= 11 is 0. The van der Waals surface area contributed by atoms with Crippen molar-refractivity contribution in [3.8, 4) is 5.75 Å². The second kappa shape index (κ2) is 15.7. The minimum absolute atomic E-state index is 0. The maximum absolute atomic E-state index is 6.02. The lowest BCUT2D eigenvalue weighted by Gasteiger charge is -2.31. The number of aliphatic imine (C=N–C) groups is 1. The Kier molecular flexibility index (Phi) is 14.3. The summed E-state index contributed by atoms with van der Waals surface area (Å²) in [6.07, 6.45) is 2.31. The van der Waals surface area contributed by atoms with Gasteiger partial charge in [-0.2, -0.15) is 0 Å². The molecule has 1 saturated heterocycles. The summed E-state index contributed by atoms with van der Waals surface area (Å²) in [6.45, 7) is 14.0. The first kappa shape index (κ1) is 29.9. The zero-order chi connectivity index (χ0) is 23.4. The average Bonchev–Trinajstić information content (AvgIpc) is 2.77. The standard InChI is InChI=1S/C25H44N4O3.HI/c1-7-26-24(28-19-23(30-6)25(2,3)4)27-18-20-9-8-10-22(17-20)32-16-13-29(5)21-11-14-31-15-12-21;/h8-10,17,21,23H,7,11-16,18-19H2,1-6H3,(H2,26,27,28);1H. The Morgan fingerprint density at radius 2 is 1.97 bits per heavy atom. The van der Waals surface area contributed by atoms with Crippen molar-refractivity contribution in [3.63, 3.8) is 0 Å². The summed E-state index contributed by atoms with van der Waals surface area (Å²) in [6, 6.07) is 8.80. The molecule has 0 spiro atoms. The zero-order valence-electron chi connectivity index (χ0n) is 21.4. The van der Waals surface area contributed by atoms with Gasteiger partial charge in [-0.05, 0) is 49.9 Å². The number of ether oxygens (including phenoxy) is 3. The third kappa shape index (κ3) is 11.2. The lowest BCUT2D eigenvalue weighted by Crippen LogP contribution is -2.45. The van der Waals surface area contributed by atoms with Crippen molar-refractivity contribution in [2.45, 2.75) is 59.2 Å². The van der Waals surface area contributed by atoms with Crippen molar-refractivity contribution >= 4 is 29.9 Å². The highest BCUT2D eigenvalue weighted by Crippen LogP contribution is 2.21. The molecule has 7 nitrogen and oxygen atoms in total. The van der Waals surface area contributed by atoms with Crippen molar-refractivity contribution in [2.24, 2.45) is 10.4 Å². The monoisotopic (exact) mass is 576 g/mol. The van der Waals surface area contributed by atoms with Gasteiger partial charge in [0.15, 0.2) is 5.96 Å². The maximum atomic E-state index is 6.02. The Morgan fingerprint density at radius 3 is 2.61 bits per heavy atom. The summed E-state index contributed by atoms with van der Waals surface area (Å²) in [5.74, 6) is 1.69. The number of halogens is 1. The van der Waals surface area contributed by atoms with Crippen LogP contribution in [0.2, 0.25) is 0 Å². The first-order valence-electron chi connectivity index (χ1n) is 11.9. The molecule has 1 heterocycles. The van der Waals surface area contributed by atoms with Crippen LogP contribution < -0.4 is 15.4 Å². The van der Waals surface area contributed by atoms with Crippen LogP contribution in [0.25, 0.3) is 0 Å². The van der Waals surface area contributed by atoms with Crippen LogP contribution in [0, 0.1) is 5.41 Å². The minimum atomic E-state index is 0. The van der Waals surface area contributed by atoms with E-state index in [1.807, 2.05) is 12.1 Å². The van der Waals surface area contributed by atoms with E-state index in [4.69, 9.17) is 19.2 Å². The molecule has 8 heteroatoms. The number of nitrogens with one attached hydrogen (secondary N) is 2. The number of hydrogen-bond donors (Lipinski definition) is 2. The summed E-state index contributed by atoms with van der Waals surface area (Å²) in [5, 5.41) is 6.72. The van der Waals surface area contributed by atoms with E-state index in [2.05, 4.69) is 62.4 Å². The molecule has 1 unspecified atom stereocenters. The lowest BCUT2D eigenvalue weighted by atomic mass is 9.89. The molecule has 2 N–H and O–H groups in total. The number of guanidine groups is 1. The van der Waals surface area contributed by atoms with Crippen LogP contribution in [-0.2, 0) is 16.0 Å². The Morgan fingerprint density at radius 1 is 1.24 bits per heavy atom. The number of benzene rings is 1. The van der Waals surface area contributed by atoms with Gasteiger partial charge >= 0.3 is 0 Å². The fourth-order valence-corrected chi connectivity index (χ4v) is 3.79. The van der Waals surface area contributed by atoms with Crippen molar-refractivity contribution in [1.82, 2.24) is 15.5 Å². The second-order valence-electron chi connectivity index (χ2n) is 9.49. The van der Waals surface area contributed by atoms with Gasteiger partial charge in [-0.1, -0.05) is 32.9 Å². The van der Waals surface area contributed by atoms with Gasteiger partial charge in [0.2, 0.25) is 0 Å². The predicted octanol–water partition coefficient (Wildman–Crippen LogP) is 3.91. The van der Waals surface area contributed by atoms with Crippen molar-refractivity contribution in [3.05, 3.63) is 29.8 Å². The van der Waals surface area contributed by atoms with Crippen LogP contribution in [0.1, 0.15) is 46.1 Å². The van der Waals surface area contributed by atoms with E-state index in [0.29, 0.717) is 25.7 Å². The molecule has 1 aliphatic rings. The molecule has 0 radical (unpaired) electrons. The Labute approximate surface area is 218 Å². The molecular weight excluding hydrogens is 531 g/mol. The quantitative estimate of drug-likeness (QED) is 0.237. The second-order valence-corrected chi connectivity index (χ2v) is 9.49. The van der Waals surface area contributed by atoms with Gasteiger partial charge in [0.05, 0.1) is 12.6 Å². The molecule has 1 aliphatic heterocycles. The Hall–Kier alpha value is -1.10. The molecule has 0 saturated carbocycles. The first-order chi connectivity index (χ1) is 15.3. The van der Waals surface area contributed by atoms with Gasteiger partial charge in [0, 0.05) is 46.0 Å². The fourth-order valence-electron chi connectivity index (χ4n) is 3.79. The molecule has 0 aliphatic carbocycles. The summed E-state index contributed by atoms with van der Waals surface area (Å²) in [4.78, 5) is 7.13. The summed E-state index contributed by atoms with van der Waals surface area (Å²) < 4.78 is 17.1. The normalized spacial score (nSPS) is 16.3. The molecule has 0 aromatic heterocycles. The molecule has 0 amide bonds. The largest absolute Gasteiger partial charge is 0.492 e. The van der Waals surface area contributed by atoms with Crippen molar-refractivity contribution < 1.29 is 14.2 Å². The molecule has 1 fully saturated rings. The van der Waals surface area contributed by atoms with Crippen LogP contribution in [0.3, 0.4) is 0 Å². The molecular formula is C25H45IN4O3. The van der Waals surface area contributed by atoms with Crippen molar-refractivity contribution in [2.75, 3.05) is 53.6 Å². The van der Waals surface area contributed by atoms with Crippen LogP contribution >= 0.6 is 24.0 Å². The molecule has 1 aromatic rings. The molecule has 190 valence electrons. The van der Waals surface area contributed by atoms with E-state index < -0.39 is 0 Å². The Balaban J connectivity index is 0.00000544. The SMILES string of the molecule is CCNC(=NCc1cccc(OCCN(C)C2CCOCC2)c1)NCC(OC)C(C)(C)C.I. The van der Waals surface area contributed by atoms with Crippen molar-refractivity contribution in [1.29, 1.82) is 0 Å². The van der Waals surface area contributed by atoms with Gasteiger partial charge in [0.25, 0.3) is 0 Å². The minimum Gasteiger partial charge on any atom is -0.492 e. The topological polar surface area (TPSA) is 67.4 Å². The van der Waals surface area contributed by atoms with E-state index in [1.165, 1.54) is 0 Å². The highest BCUT2D eigenvalue weighted by Gasteiger charge is 2.24. The van der Waals surface area contributed by atoms with Gasteiger partial charge in [-0.15, -0.1) is 24.0 Å². The smallest absolute Gasteiger partial charge is 0.191 e. The van der Waals surface area contributed by atoms with Crippen LogP contribution in [0.15, 0.2) is 29.3 Å². The number of hydrogen-bond acceptors (Lipinski definition) is 5. The van der Waals surface area contributed by atoms with Gasteiger partial charge in [-0.25, -0.2) is 4.99 Å². The highest BCUT2D eigenvalue weighted by molar-refractivity contribution is 14.0. The van der Waals surface area contributed by atoms with Gasteiger partial charge in [0.1, 0.15) is 12.4 Å². The molecule has 2 rings (SSSR count). The van der Waals surface area contributed by atoms with Crippen LogP contribution in [0.5, 0.6) is 5.75 Å². The predicted molar refractivity (Wildman–Crippen MR) is 147 cm³/mol. The zero-order valence-corrected chi connectivity index (χ0v) is 23.7. The average molecular weight is 577 g/mol. The van der Waals surface area contributed by atoms with Gasteiger partial charge < -0.3 is 24.8 Å². The maximum Gasteiger partial charge on any atom is 0.191 e.